The molecule has 3 heteroatoms. The maximum Gasteiger partial charge on any atom is 0.251 e. The van der Waals surface area contributed by atoms with Crippen molar-refractivity contribution in [1.29, 1.82) is 0 Å². The van der Waals surface area contributed by atoms with E-state index in [0.717, 1.165) is 12.0 Å². The molecule has 0 radical (unpaired) electrons. The van der Waals surface area contributed by atoms with Gasteiger partial charge in [0.05, 0.1) is 0 Å². The van der Waals surface area contributed by atoms with Crippen molar-refractivity contribution >= 4 is 5.91 Å². The third-order valence-electron chi connectivity index (χ3n) is 1.98. The largest absolute Gasteiger partial charge is 0.352 e. The Kier molecular flexibility index (Phi) is 3.63. The molecule has 0 unspecified atom stereocenters. The summed E-state index contributed by atoms with van der Waals surface area (Å²) in [4.78, 5) is 11.5. The Morgan fingerprint density at radius 1 is 1.50 bits per heavy atom. The molecule has 1 N–H and O–H groups in total. The Morgan fingerprint density at radius 3 is 2.86 bits per heavy atom. The first kappa shape index (κ1) is 10.7. The van der Waals surface area contributed by atoms with Gasteiger partial charge in [-0.25, -0.2) is 4.39 Å². The predicted octanol–water partition coefficient (Wildman–Crippen LogP) is 2.27. The number of carbonyl (C=O) groups is 1. The summed E-state index contributed by atoms with van der Waals surface area (Å²) < 4.78 is 12.8. The van der Waals surface area contributed by atoms with Gasteiger partial charge in [-0.05, 0) is 31.0 Å². The predicted molar refractivity (Wildman–Crippen MR) is 53.8 cm³/mol. The van der Waals surface area contributed by atoms with Gasteiger partial charge in [0, 0.05) is 12.1 Å². The summed E-state index contributed by atoms with van der Waals surface area (Å²) in [5.41, 5.74) is 1.21. The van der Waals surface area contributed by atoms with Gasteiger partial charge < -0.3 is 5.32 Å². The van der Waals surface area contributed by atoms with Crippen molar-refractivity contribution in [2.75, 3.05) is 6.54 Å². The second-order valence-corrected chi connectivity index (χ2v) is 3.22. The molecular weight excluding hydrogens is 181 g/mol. The van der Waals surface area contributed by atoms with Crippen molar-refractivity contribution in [2.45, 2.75) is 20.3 Å². The molecule has 0 saturated heterocycles. The van der Waals surface area contributed by atoms with Gasteiger partial charge in [-0.1, -0.05) is 13.0 Å². The maximum absolute atomic E-state index is 12.8. The molecule has 0 aliphatic carbocycles. The van der Waals surface area contributed by atoms with Crippen LogP contribution in [0.1, 0.15) is 29.3 Å². The molecule has 0 spiro atoms. The third-order valence-corrected chi connectivity index (χ3v) is 1.98. The summed E-state index contributed by atoms with van der Waals surface area (Å²) in [6.07, 6.45) is 0.875. The van der Waals surface area contributed by atoms with E-state index >= 15 is 0 Å². The zero-order valence-electron chi connectivity index (χ0n) is 8.43. The van der Waals surface area contributed by atoms with Crippen LogP contribution >= 0.6 is 0 Å². The van der Waals surface area contributed by atoms with E-state index in [0.29, 0.717) is 12.1 Å². The second-order valence-electron chi connectivity index (χ2n) is 3.22. The summed E-state index contributed by atoms with van der Waals surface area (Å²) >= 11 is 0. The van der Waals surface area contributed by atoms with Crippen LogP contribution in [-0.2, 0) is 0 Å². The van der Waals surface area contributed by atoms with Crippen LogP contribution in [-0.4, -0.2) is 12.5 Å². The second kappa shape index (κ2) is 4.74. The summed E-state index contributed by atoms with van der Waals surface area (Å²) in [5.74, 6) is -0.582. The molecule has 0 heterocycles. The van der Waals surface area contributed by atoms with Crippen LogP contribution in [0.4, 0.5) is 4.39 Å². The van der Waals surface area contributed by atoms with E-state index < -0.39 is 0 Å². The quantitative estimate of drug-likeness (QED) is 0.787. The topological polar surface area (TPSA) is 29.1 Å². The maximum atomic E-state index is 12.8. The molecule has 1 aromatic carbocycles. The van der Waals surface area contributed by atoms with Crippen LogP contribution in [0.25, 0.3) is 0 Å². The lowest BCUT2D eigenvalue weighted by molar-refractivity contribution is 0.0952. The minimum Gasteiger partial charge on any atom is -0.352 e. The number of nitrogens with one attached hydrogen (secondary N) is 1. The molecule has 1 aromatic rings. The molecule has 1 rings (SSSR count). The van der Waals surface area contributed by atoms with E-state index in [1.165, 1.54) is 12.1 Å². The Balaban J connectivity index is 2.83. The number of hydrogen-bond acceptors (Lipinski definition) is 1. The molecule has 14 heavy (non-hydrogen) atoms. The summed E-state index contributed by atoms with van der Waals surface area (Å²) in [5, 5.41) is 2.71. The summed E-state index contributed by atoms with van der Waals surface area (Å²) in [6.45, 7) is 4.38. The van der Waals surface area contributed by atoms with Crippen LogP contribution in [0.5, 0.6) is 0 Å². The highest BCUT2D eigenvalue weighted by molar-refractivity contribution is 5.95. The average molecular weight is 195 g/mol. The molecule has 0 bridgehead atoms. The van der Waals surface area contributed by atoms with Crippen molar-refractivity contribution in [2.24, 2.45) is 0 Å². The van der Waals surface area contributed by atoms with Crippen molar-refractivity contribution in [3.8, 4) is 0 Å². The van der Waals surface area contributed by atoms with Crippen LogP contribution in [0, 0.1) is 12.7 Å². The van der Waals surface area contributed by atoms with E-state index in [2.05, 4.69) is 5.32 Å². The zero-order chi connectivity index (χ0) is 10.6. The lowest BCUT2D eigenvalue weighted by Crippen LogP contribution is -2.24. The SMILES string of the molecule is CCCNC(=O)c1cc(F)ccc1C. The molecule has 0 fully saturated rings. The zero-order valence-corrected chi connectivity index (χ0v) is 8.43. The number of amides is 1. The molecule has 0 aliphatic rings. The number of benzene rings is 1. The van der Waals surface area contributed by atoms with Crippen LogP contribution < -0.4 is 5.32 Å². The standard InChI is InChI=1S/C11H14FNO/c1-3-6-13-11(14)10-7-9(12)5-4-8(10)2/h4-5,7H,3,6H2,1-2H3,(H,13,14). The van der Waals surface area contributed by atoms with E-state index in [1.54, 1.807) is 13.0 Å². The van der Waals surface area contributed by atoms with Crippen molar-refractivity contribution in [1.82, 2.24) is 5.32 Å². The van der Waals surface area contributed by atoms with Gasteiger partial charge in [0.2, 0.25) is 0 Å². The van der Waals surface area contributed by atoms with Crippen molar-refractivity contribution in [3.05, 3.63) is 35.1 Å². The van der Waals surface area contributed by atoms with Gasteiger partial charge in [-0.15, -0.1) is 0 Å². The average Bonchev–Trinajstić information content (AvgIpc) is 2.18. The van der Waals surface area contributed by atoms with Crippen molar-refractivity contribution in [3.63, 3.8) is 0 Å². The molecule has 1 amide bonds. The summed E-state index contributed by atoms with van der Waals surface area (Å²) in [6, 6.07) is 4.22. The summed E-state index contributed by atoms with van der Waals surface area (Å²) in [7, 11) is 0. The molecule has 0 atom stereocenters. The molecule has 2 nitrogen and oxygen atoms in total. The third kappa shape index (κ3) is 2.55. The van der Waals surface area contributed by atoms with E-state index in [-0.39, 0.29) is 11.7 Å². The first-order valence-corrected chi connectivity index (χ1v) is 4.69. The highest BCUT2D eigenvalue weighted by Gasteiger charge is 2.08. The van der Waals surface area contributed by atoms with Gasteiger partial charge in [0.1, 0.15) is 5.82 Å². The molecule has 0 saturated carbocycles. The number of carbonyl (C=O) groups excluding carboxylic acids is 1. The fraction of sp³-hybridized carbons (Fsp3) is 0.364. The lowest BCUT2D eigenvalue weighted by Gasteiger charge is -2.06. The molecule has 76 valence electrons. The van der Waals surface area contributed by atoms with E-state index in [9.17, 15) is 9.18 Å². The minimum absolute atomic E-state index is 0.205. The van der Waals surface area contributed by atoms with Crippen LogP contribution in [0.15, 0.2) is 18.2 Å². The first-order valence-electron chi connectivity index (χ1n) is 4.69. The van der Waals surface area contributed by atoms with Gasteiger partial charge in [0.15, 0.2) is 0 Å². The Labute approximate surface area is 83.1 Å². The number of aryl methyl sites for hydroxylation is 1. The Hall–Kier alpha value is -1.38. The minimum atomic E-state index is -0.378. The fourth-order valence-corrected chi connectivity index (χ4v) is 1.17. The van der Waals surface area contributed by atoms with E-state index in [4.69, 9.17) is 0 Å². The normalized spacial score (nSPS) is 9.93. The molecular formula is C11H14FNO. The highest BCUT2D eigenvalue weighted by Crippen LogP contribution is 2.09. The van der Waals surface area contributed by atoms with Gasteiger partial charge in [-0.3, -0.25) is 4.79 Å². The van der Waals surface area contributed by atoms with Crippen LogP contribution in [0.3, 0.4) is 0 Å². The van der Waals surface area contributed by atoms with E-state index in [1.807, 2.05) is 6.92 Å². The van der Waals surface area contributed by atoms with Gasteiger partial charge in [-0.2, -0.15) is 0 Å². The monoisotopic (exact) mass is 195 g/mol. The van der Waals surface area contributed by atoms with Crippen molar-refractivity contribution < 1.29 is 9.18 Å². The first-order chi connectivity index (χ1) is 6.65. The smallest absolute Gasteiger partial charge is 0.251 e. The number of hydrogen-bond donors (Lipinski definition) is 1. The number of rotatable bonds is 3. The van der Waals surface area contributed by atoms with Gasteiger partial charge >= 0.3 is 0 Å². The fourth-order valence-electron chi connectivity index (χ4n) is 1.17. The Morgan fingerprint density at radius 2 is 2.21 bits per heavy atom. The van der Waals surface area contributed by atoms with Crippen LogP contribution in [0.2, 0.25) is 0 Å². The lowest BCUT2D eigenvalue weighted by atomic mass is 10.1. The van der Waals surface area contributed by atoms with Gasteiger partial charge in [0.25, 0.3) is 5.91 Å². The highest BCUT2D eigenvalue weighted by atomic mass is 19.1. The molecule has 0 aliphatic heterocycles. The number of halogens is 1. The Bertz CT molecular complexity index is 336. The molecule has 0 aromatic heterocycles.